The Morgan fingerprint density at radius 2 is 2.29 bits per heavy atom. The molecule has 2 aliphatic carbocycles. The molecule has 0 heterocycles. The van der Waals surface area contributed by atoms with E-state index in [1.807, 2.05) is 0 Å². The molecule has 76 valence electrons. The minimum Gasteiger partial charge on any atom is -0.330 e. The molecule has 1 amide bonds. The summed E-state index contributed by atoms with van der Waals surface area (Å²) in [4.78, 5) is 10.9. The van der Waals surface area contributed by atoms with Crippen LogP contribution in [0, 0.1) is 11.8 Å². The lowest BCUT2D eigenvalue weighted by Crippen LogP contribution is -2.28. The van der Waals surface area contributed by atoms with Crippen molar-refractivity contribution in [2.24, 2.45) is 11.8 Å². The van der Waals surface area contributed by atoms with E-state index in [1.165, 1.54) is 12.0 Å². The first-order chi connectivity index (χ1) is 6.63. The van der Waals surface area contributed by atoms with Crippen LogP contribution < -0.4 is 5.32 Å². The van der Waals surface area contributed by atoms with Gasteiger partial charge in [-0.1, -0.05) is 18.2 Å². The van der Waals surface area contributed by atoms with Crippen molar-refractivity contribution in [3.05, 3.63) is 23.9 Å². The van der Waals surface area contributed by atoms with E-state index >= 15 is 0 Å². The Morgan fingerprint density at radius 3 is 2.93 bits per heavy atom. The third-order valence-corrected chi connectivity index (χ3v) is 3.05. The van der Waals surface area contributed by atoms with Crippen molar-refractivity contribution in [3.63, 3.8) is 0 Å². The van der Waals surface area contributed by atoms with Gasteiger partial charge in [0.2, 0.25) is 5.91 Å². The molecular weight excluding hydrogens is 174 g/mol. The number of hydrogen-bond acceptors (Lipinski definition) is 1. The Kier molecular flexibility index (Phi) is 2.44. The molecule has 0 aliphatic heterocycles. The molecule has 0 radical (unpaired) electrons. The molecule has 2 rings (SSSR count). The summed E-state index contributed by atoms with van der Waals surface area (Å²) < 4.78 is 0. The summed E-state index contributed by atoms with van der Waals surface area (Å²) in [6, 6.07) is 0. The molecule has 0 aromatic carbocycles. The standard InChI is InChI=1S/C12H17NO/c1-8-3-10-5-11(4-8)7-12(6-10)13-9(2)14/h6,10-11H,1,3-5,7H2,2H3,(H,13,14)/t10-,11+/m0/s1. The highest BCUT2D eigenvalue weighted by molar-refractivity contribution is 5.74. The normalized spacial score (nSPS) is 30.9. The van der Waals surface area contributed by atoms with E-state index in [4.69, 9.17) is 0 Å². The lowest BCUT2D eigenvalue weighted by atomic mass is 9.73. The Morgan fingerprint density at radius 1 is 1.50 bits per heavy atom. The van der Waals surface area contributed by atoms with E-state index in [9.17, 15) is 4.79 Å². The fraction of sp³-hybridized carbons (Fsp3) is 0.583. The zero-order chi connectivity index (χ0) is 10.1. The summed E-state index contributed by atoms with van der Waals surface area (Å²) in [5, 5.41) is 2.92. The summed E-state index contributed by atoms with van der Waals surface area (Å²) in [5.41, 5.74) is 2.51. The maximum Gasteiger partial charge on any atom is 0.220 e. The largest absolute Gasteiger partial charge is 0.330 e. The van der Waals surface area contributed by atoms with Gasteiger partial charge in [-0.3, -0.25) is 4.79 Å². The smallest absolute Gasteiger partial charge is 0.220 e. The van der Waals surface area contributed by atoms with Crippen molar-refractivity contribution in [2.45, 2.75) is 32.6 Å². The number of hydrogen-bond donors (Lipinski definition) is 1. The van der Waals surface area contributed by atoms with Crippen molar-refractivity contribution in [1.29, 1.82) is 0 Å². The summed E-state index contributed by atoms with van der Waals surface area (Å²) in [5.74, 6) is 1.39. The molecular formula is C12H17NO. The molecule has 0 unspecified atom stereocenters. The summed E-state index contributed by atoms with van der Waals surface area (Å²) in [6.45, 7) is 5.64. The lowest BCUT2D eigenvalue weighted by Gasteiger charge is -2.34. The van der Waals surface area contributed by atoms with Gasteiger partial charge in [-0.05, 0) is 37.5 Å². The minimum atomic E-state index is 0.0510. The highest BCUT2D eigenvalue weighted by atomic mass is 16.1. The number of carbonyl (C=O) groups excluding carboxylic acids is 1. The molecule has 0 aromatic heterocycles. The van der Waals surface area contributed by atoms with Crippen LogP contribution in [0.25, 0.3) is 0 Å². The minimum absolute atomic E-state index is 0.0510. The van der Waals surface area contributed by atoms with E-state index in [1.54, 1.807) is 6.92 Å². The topological polar surface area (TPSA) is 29.1 Å². The Labute approximate surface area is 85.1 Å². The number of carbonyl (C=O) groups is 1. The molecule has 2 aliphatic rings. The second kappa shape index (κ2) is 3.60. The average molecular weight is 191 g/mol. The number of allylic oxidation sites excluding steroid dienone is 3. The molecule has 2 heteroatoms. The molecule has 2 atom stereocenters. The van der Waals surface area contributed by atoms with Gasteiger partial charge in [-0.15, -0.1) is 0 Å². The highest BCUT2D eigenvalue weighted by Gasteiger charge is 2.28. The summed E-state index contributed by atoms with van der Waals surface area (Å²) >= 11 is 0. The van der Waals surface area contributed by atoms with Gasteiger partial charge >= 0.3 is 0 Å². The molecule has 2 nitrogen and oxygen atoms in total. The second-order valence-electron chi connectivity index (χ2n) is 4.60. The van der Waals surface area contributed by atoms with Gasteiger partial charge in [-0.2, -0.15) is 0 Å². The van der Waals surface area contributed by atoms with Crippen LogP contribution in [0.15, 0.2) is 23.9 Å². The third-order valence-electron chi connectivity index (χ3n) is 3.05. The van der Waals surface area contributed by atoms with Crippen molar-refractivity contribution in [3.8, 4) is 0 Å². The molecule has 2 bridgehead atoms. The lowest BCUT2D eigenvalue weighted by molar-refractivity contribution is -0.118. The Balaban J connectivity index is 2.08. The fourth-order valence-corrected chi connectivity index (χ4v) is 2.72. The van der Waals surface area contributed by atoms with E-state index in [-0.39, 0.29) is 5.91 Å². The van der Waals surface area contributed by atoms with Crippen molar-refractivity contribution < 1.29 is 4.79 Å². The van der Waals surface area contributed by atoms with E-state index in [0.29, 0.717) is 11.8 Å². The molecule has 0 saturated heterocycles. The summed E-state index contributed by atoms with van der Waals surface area (Å²) in [7, 11) is 0. The monoisotopic (exact) mass is 191 g/mol. The van der Waals surface area contributed by atoms with Crippen molar-refractivity contribution in [2.75, 3.05) is 0 Å². The highest BCUT2D eigenvalue weighted by Crippen LogP contribution is 2.39. The second-order valence-corrected chi connectivity index (χ2v) is 4.60. The maximum atomic E-state index is 10.9. The predicted molar refractivity (Wildman–Crippen MR) is 56.5 cm³/mol. The molecule has 14 heavy (non-hydrogen) atoms. The number of nitrogens with one attached hydrogen (secondary N) is 1. The molecule has 0 aromatic rings. The number of rotatable bonds is 1. The van der Waals surface area contributed by atoms with Crippen LogP contribution in [-0.4, -0.2) is 5.91 Å². The van der Waals surface area contributed by atoms with Crippen molar-refractivity contribution in [1.82, 2.24) is 5.32 Å². The zero-order valence-corrected chi connectivity index (χ0v) is 8.68. The average Bonchev–Trinajstić information content (AvgIpc) is 1.99. The third kappa shape index (κ3) is 2.06. The summed E-state index contributed by atoms with van der Waals surface area (Å²) in [6.07, 6.45) is 6.78. The van der Waals surface area contributed by atoms with Crippen LogP contribution in [0.5, 0.6) is 0 Å². The van der Waals surface area contributed by atoms with Crippen molar-refractivity contribution >= 4 is 5.91 Å². The van der Waals surface area contributed by atoms with Gasteiger partial charge in [-0.25, -0.2) is 0 Å². The van der Waals surface area contributed by atoms with Gasteiger partial charge in [0.15, 0.2) is 0 Å². The van der Waals surface area contributed by atoms with Gasteiger partial charge in [0, 0.05) is 12.6 Å². The first-order valence-corrected chi connectivity index (χ1v) is 5.28. The van der Waals surface area contributed by atoms with Crippen LogP contribution in [0.1, 0.15) is 32.6 Å². The van der Waals surface area contributed by atoms with E-state index in [2.05, 4.69) is 18.0 Å². The Hall–Kier alpha value is -1.05. The van der Waals surface area contributed by atoms with E-state index < -0.39 is 0 Å². The Bertz CT molecular complexity index is 303. The molecule has 1 saturated carbocycles. The van der Waals surface area contributed by atoms with Crippen LogP contribution in [-0.2, 0) is 4.79 Å². The molecule has 1 fully saturated rings. The van der Waals surface area contributed by atoms with Gasteiger partial charge in [0.05, 0.1) is 0 Å². The first kappa shape index (κ1) is 9.50. The SMILES string of the molecule is C=C1C[C@@H]2C=C(NC(C)=O)C[C@H](C1)C2. The quantitative estimate of drug-likeness (QED) is 0.633. The van der Waals surface area contributed by atoms with Crippen LogP contribution in [0.3, 0.4) is 0 Å². The molecule has 0 spiro atoms. The first-order valence-electron chi connectivity index (χ1n) is 5.28. The maximum absolute atomic E-state index is 10.9. The molecule has 1 N–H and O–H groups in total. The van der Waals surface area contributed by atoms with Crippen LogP contribution >= 0.6 is 0 Å². The number of fused-ring (bicyclic) bond motifs is 2. The fourth-order valence-electron chi connectivity index (χ4n) is 2.72. The van der Waals surface area contributed by atoms with Gasteiger partial charge in [0.1, 0.15) is 0 Å². The van der Waals surface area contributed by atoms with Crippen LogP contribution in [0.4, 0.5) is 0 Å². The van der Waals surface area contributed by atoms with Gasteiger partial charge in [0.25, 0.3) is 0 Å². The van der Waals surface area contributed by atoms with Crippen LogP contribution in [0.2, 0.25) is 0 Å². The predicted octanol–water partition coefficient (Wildman–Crippen LogP) is 2.38. The van der Waals surface area contributed by atoms with E-state index in [0.717, 1.165) is 25.0 Å². The van der Waals surface area contributed by atoms with Gasteiger partial charge < -0.3 is 5.32 Å². The number of amides is 1. The zero-order valence-electron chi connectivity index (χ0n) is 8.68.